The number of halogens is 1. The Kier molecular flexibility index (Phi) is 7.23. The van der Waals surface area contributed by atoms with Crippen LogP contribution in [-0.2, 0) is 11.2 Å². The predicted molar refractivity (Wildman–Crippen MR) is 137 cm³/mol. The molecule has 0 spiro atoms. The van der Waals surface area contributed by atoms with E-state index < -0.39 is 11.2 Å². The highest BCUT2D eigenvalue weighted by atomic mass is 35.5. The molecule has 9 nitrogen and oxygen atoms in total. The number of aromatic nitrogens is 5. The second-order valence-electron chi connectivity index (χ2n) is 8.11. The summed E-state index contributed by atoms with van der Waals surface area (Å²) in [5, 5.41) is 12.6. The largest absolute Gasteiger partial charge is 0.325 e. The average molecular weight is 511 g/mol. The number of thioether (sulfide) groups is 1. The summed E-state index contributed by atoms with van der Waals surface area (Å²) in [7, 11) is 0. The van der Waals surface area contributed by atoms with Gasteiger partial charge in [0.05, 0.1) is 5.75 Å². The Morgan fingerprint density at radius 2 is 1.71 bits per heavy atom. The first-order valence-corrected chi connectivity index (χ1v) is 12.1. The molecule has 0 aliphatic carbocycles. The van der Waals surface area contributed by atoms with Crippen molar-refractivity contribution in [3.63, 3.8) is 0 Å². The van der Waals surface area contributed by atoms with Crippen LogP contribution in [0.1, 0.15) is 28.2 Å². The van der Waals surface area contributed by atoms with Crippen LogP contribution < -0.4 is 16.6 Å². The topological polar surface area (TPSA) is 126 Å². The predicted octanol–water partition coefficient (Wildman–Crippen LogP) is 3.54. The highest BCUT2D eigenvalue weighted by molar-refractivity contribution is 7.99. The molecular formula is C24H23ClN6O3S. The Bertz CT molecular complexity index is 1460. The number of carbonyl (C=O) groups excluding carboxylic acids is 1. The summed E-state index contributed by atoms with van der Waals surface area (Å²) in [6.45, 7) is 5.94. The lowest BCUT2D eigenvalue weighted by Crippen LogP contribution is -2.23. The molecule has 0 aliphatic heterocycles. The van der Waals surface area contributed by atoms with Crippen molar-refractivity contribution in [3.8, 4) is 5.69 Å². The third-order valence-electron chi connectivity index (χ3n) is 5.22. The van der Waals surface area contributed by atoms with E-state index in [0.717, 1.165) is 28.1 Å². The number of anilines is 1. The Morgan fingerprint density at radius 1 is 1.03 bits per heavy atom. The number of amides is 1. The van der Waals surface area contributed by atoms with E-state index in [1.165, 1.54) is 17.8 Å². The van der Waals surface area contributed by atoms with E-state index in [2.05, 4.69) is 25.5 Å². The van der Waals surface area contributed by atoms with Gasteiger partial charge >= 0.3 is 5.69 Å². The molecule has 2 aromatic heterocycles. The molecule has 0 atom stereocenters. The number of hydrogen-bond donors (Lipinski definition) is 3. The summed E-state index contributed by atoms with van der Waals surface area (Å²) in [5.41, 5.74) is 3.96. The summed E-state index contributed by atoms with van der Waals surface area (Å²) in [4.78, 5) is 40.9. The molecule has 0 saturated carbocycles. The fourth-order valence-electron chi connectivity index (χ4n) is 3.83. The fraction of sp³-hybridized carbons (Fsp3) is 0.208. The molecular weight excluding hydrogens is 488 g/mol. The monoisotopic (exact) mass is 510 g/mol. The van der Waals surface area contributed by atoms with E-state index >= 15 is 0 Å². The molecule has 0 fully saturated rings. The summed E-state index contributed by atoms with van der Waals surface area (Å²) < 4.78 is 1.77. The molecule has 2 aromatic carbocycles. The van der Waals surface area contributed by atoms with Gasteiger partial charge in [0.1, 0.15) is 5.82 Å². The number of carbonyl (C=O) groups is 1. The first-order chi connectivity index (χ1) is 16.7. The standard InChI is InChI=1S/C24H23ClN6O3S/c1-13-8-14(2)22(15(3)9-13)27-21(33)12-35-24-30-29-19(10-17-11-20(32)28-23(34)26-17)31(24)18-6-4-16(25)5-7-18/h4-9,11H,10,12H2,1-3H3,(H,27,33)(H2,26,28,32,34). The Hall–Kier alpha value is -3.63. The van der Waals surface area contributed by atoms with E-state index in [0.29, 0.717) is 21.7 Å². The zero-order valence-electron chi connectivity index (χ0n) is 19.3. The fourth-order valence-corrected chi connectivity index (χ4v) is 4.72. The molecule has 2 heterocycles. The summed E-state index contributed by atoms with van der Waals surface area (Å²) >= 11 is 7.29. The van der Waals surface area contributed by atoms with Crippen molar-refractivity contribution in [2.75, 3.05) is 11.1 Å². The number of nitrogens with one attached hydrogen (secondary N) is 3. The van der Waals surface area contributed by atoms with Gasteiger partial charge in [-0.3, -0.25) is 19.1 Å². The van der Waals surface area contributed by atoms with E-state index in [9.17, 15) is 14.4 Å². The van der Waals surface area contributed by atoms with Gasteiger partial charge in [-0.1, -0.05) is 41.1 Å². The van der Waals surface area contributed by atoms with Gasteiger partial charge in [0.2, 0.25) is 5.91 Å². The molecule has 0 bridgehead atoms. The van der Waals surface area contributed by atoms with E-state index in [1.807, 2.05) is 32.9 Å². The molecule has 3 N–H and O–H groups in total. The van der Waals surface area contributed by atoms with Crippen LogP contribution in [0.2, 0.25) is 5.02 Å². The molecule has 0 saturated heterocycles. The Labute approximate surface area is 210 Å². The minimum absolute atomic E-state index is 0.111. The third kappa shape index (κ3) is 5.90. The maximum Gasteiger partial charge on any atom is 0.325 e. The molecule has 0 unspecified atom stereocenters. The maximum atomic E-state index is 12.8. The number of rotatable bonds is 7. The quantitative estimate of drug-likeness (QED) is 0.326. The zero-order chi connectivity index (χ0) is 25.1. The van der Waals surface area contributed by atoms with Crippen molar-refractivity contribution in [2.24, 2.45) is 0 Å². The molecule has 11 heteroatoms. The summed E-state index contributed by atoms with van der Waals surface area (Å²) in [5.74, 6) is 0.429. The van der Waals surface area contributed by atoms with Gasteiger partial charge in [0.25, 0.3) is 5.56 Å². The number of benzene rings is 2. The third-order valence-corrected chi connectivity index (χ3v) is 6.40. The van der Waals surface area contributed by atoms with E-state index in [-0.39, 0.29) is 18.1 Å². The van der Waals surface area contributed by atoms with Crippen molar-refractivity contribution >= 4 is 35.0 Å². The number of H-pyrrole nitrogens is 2. The molecule has 4 rings (SSSR count). The van der Waals surface area contributed by atoms with Crippen LogP contribution in [0.15, 0.2) is 57.2 Å². The van der Waals surface area contributed by atoms with Gasteiger partial charge in [0, 0.05) is 34.6 Å². The SMILES string of the molecule is Cc1cc(C)c(NC(=O)CSc2nnc(Cc3cc(=O)[nH]c(=O)[nH]3)n2-c2ccc(Cl)cc2)c(C)c1. The van der Waals surface area contributed by atoms with Crippen LogP contribution in [0, 0.1) is 20.8 Å². The van der Waals surface area contributed by atoms with Crippen LogP contribution in [0.4, 0.5) is 5.69 Å². The number of aryl methyl sites for hydroxylation is 3. The minimum Gasteiger partial charge on any atom is -0.325 e. The van der Waals surface area contributed by atoms with Gasteiger partial charge < -0.3 is 10.3 Å². The minimum atomic E-state index is -0.599. The Balaban J connectivity index is 1.60. The van der Waals surface area contributed by atoms with Crippen LogP contribution in [0.5, 0.6) is 0 Å². The lowest BCUT2D eigenvalue weighted by atomic mass is 10.1. The van der Waals surface area contributed by atoms with E-state index in [4.69, 9.17) is 11.6 Å². The summed E-state index contributed by atoms with van der Waals surface area (Å²) in [6, 6.07) is 12.4. The normalized spacial score (nSPS) is 11.0. The van der Waals surface area contributed by atoms with Gasteiger partial charge in [-0.15, -0.1) is 10.2 Å². The second-order valence-corrected chi connectivity index (χ2v) is 9.49. The van der Waals surface area contributed by atoms with Crippen LogP contribution in [-0.4, -0.2) is 36.4 Å². The molecule has 1 amide bonds. The van der Waals surface area contributed by atoms with Crippen molar-refractivity contribution in [1.82, 2.24) is 24.7 Å². The Morgan fingerprint density at radius 3 is 2.37 bits per heavy atom. The van der Waals surface area contributed by atoms with Gasteiger partial charge in [0.15, 0.2) is 5.16 Å². The highest BCUT2D eigenvalue weighted by Crippen LogP contribution is 2.26. The highest BCUT2D eigenvalue weighted by Gasteiger charge is 2.18. The second kappa shape index (κ2) is 10.3. The van der Waals surface area contributed by atoms with E-state index in [1.54, 1.807) is 28.8 Å². The maximum absolute atomic E-state index is 12.8. The molecule has 4 aromatic rings. The van der Waals surface area contributed by atoms with Crippen molar-refractivity contribution in [3.05, 3.63) is 96.5 Å². The number of nitrogens with zero attached hydrogens (tertiary/aromatic N) is 3. The average Bonchev–Trinajstić information content (AvgIpc) is 3.17. The lowest BCUT2D eigenvalue weighted by Gasteiger charge is -2.13. The first kappa shape index (κ1) is 24.5. The van der Waals surface area contributed by atoms with Crippen molar-refractivity contribution < 1.29 is 4.79 Å². The van der Waals surface area contributed by atoms with Crippen molar-refractivity contribution in [2.45, 2.75) is 32.3 Å². The number of aromatic amines is 2. The molecule has 0 radical (unpaired) electrons. The molecule has 0 aliphatic rings. The lowest BCUT2D eigenvalue weighted by molar-refractivity contribution is -0.113. The van der Waals surface area contributed by atoms with Gasteiger partial charge in [-0.05, 0) is 56.2 Å². The van der Waals surface area contributed by atoms with Gasteiger partial charge in [-0.25, -0.2) is 4.79 Å². The number of hydrogen-bond acceptors (Lipinski definition) is 6. The van der Waals surface area contributed by atoms with Crippen LogP contribution in [0.25, 0.3) is 5.69 Å². The van der Waals surface area contributed by atoms with Crippen LogP contribution >= 0.6 is 23.4 Å². The smallest absolute Gasteiger partial charge is 0.325 e. The van der Waals surface area contributed by atoms with Crippen LogP contribution in [0.3, 0.4) is 0 Å². The summed E-state index contributed by atoms with van der Waals surface area (Å²) in [6.07, 6.45) is 0.156. The molecule has 35 heavy (non-hydrogen) atoms. The molecule has 180 valence electrons. The van der Waals surface area contributed by atoms with Gasteiger partial charge in [-0.2, -0.15) is 0 Å². The zero-order valence-corrected chi connectivity index (χ0v) is 20.9. The first-order valence-electron chi connectivity index (χ1n) is 10.7. The van der Waals surface area contributed by atoms with Crippen molar-refractivity contribution in [1.29, 1.82) is 0 Å².